The van der Waals surface area contributed by atoms with Crippen molar-refractivity contribution in [3.05, 3.63) is 58.6 Å². The molecule has 1 heterocycles. The molecule has 2 aromatic rings. The van der Waals surface area contributed by atoms with E-state index in [1.165, 1.54) is 5.56 Å². The van der Waals surface area contributed by atoms with Crippen LogP contribution in [-0.2, 0) is 32.5 Å². The fraction of sp³-hybridized carbons (Fsp3) is 0.409. The lowest BCUT2D eigenvalue weighted by Crippen LogP contribution is -2.31. The Morgan fingerprint density at radius 1 is 1.17 bits per heavy atom. The molecule has 3 rings (SSSR count). The maximum Gasteiger partial charge on any atom is 0.305 e. The molecule has 0 saturated heterocycles. The molecule has 0 bridgehead atoms. The molecule has 1 aliphatic rings. The Hall–Kier alpha value is -2.09. The standard InChI is InChI=1S/C22H27ClN2O4S/c1-2-29-22(26)8-3-4-12-25-13-11-17-9-10-21(14-18(17)16-25)30(27,28)24-20-7-5-6-19(23)15-20/h5-7,9-10,14-15,24H,2-4,8,11-13,16H2,1H3. The van der Waals surface area contributed by atoms with Crippen molar-refractivity contribution in [3.63, 3.8) is 0 Å². The van der Waals surface area contributed by atoms with Crippen LogP contribution in [0, 0.1) is 0 Å². The van der Waals surface area contributed by atoms with Crippen LogP contribution in [0.5, 0.6) is 0 Å². The van der Waals surface area contributed by atoms with Crippen LogP contribution in [0.1, 0.15) is 37.3 Å². The lowest BCUT2D eigenvalue weighted by Gasteiger charge is -2.29. The number of rotatable bonds is 9. The highest BCUT2D eigenvalue weighted by Crippen LogP contribution is 2.25. The molecule has 0 spiro atoms. The smallest absolute Gasteiger partial charge is 0.305 e. The monoisotopic (exact) mass is 450 g/mol. The number of nitrogens with one attached hydrogen (secondary N) is 1. The van der Waals surface area contributed by atoms with E-state index in [9.17, 15) is 13.2 Å². The Morgan fingerprint density at radius 2 is 2.00 bits per heavy atom. The molecule has 0 amide bonds. The van der Waals surface area contributed by atoms with Crippen LogP contribution in [0.4, 0.5) is 5.69 Å². The Balaban J connectivity index is 1.61. The lowest BCUT2D eigenvalue weighted by molar-refractivity contribution is -0.143. The molecule has 0 atom stereocenters. The first-order valence-electron chi connectivity index (χ1n) is 10.2. The summed E-state index contributed by atoms with van der Waals surface area (Å²) in [4.78, 5) is 14.0. The number of unbranched alkanes of at least 4 members (excludes halogenated alkanes) is 1. The van der Waals surface area contributed by atoms with E-state index in [4.69, 9.17) is 16.3 Å². The zero-order valence-corrected chi connectivity index (χ0v) is 18.6. The molecular formula is C22H27ClN2O4S. The van der Waals surface area contributed by atoms with Crippen LogP contribution < -0.4 is 4.72 Å². The van der Waals surface area contributed by atoms with Crippen molar-refractivity contribution < 1.29 is 17.9 Å². The molecule has 0 aliphatic carbocycles. The van der Waals surface area contributed by atoms with Gasteiger partial charge in [0.05, 0.1) is 17.2 Å². The third kappa shape index (κ3) is 6.20. The normalized spacial score (nSPS) is 14.2. The van der Waals surface area contributed by atoms with Gasteiger partial charge in [-0.2, -0.15) is 0 Å². The number of fused-ring (bicyclic) bond motifs is 1. The number of nitrogens with zero attached hydrogens (tertiary/aromatic N) is 1. The summed E-state index contributed by atoms with van der Waals surface area (Å²) >= 11 is 5.95. The van der Waals surface area contributed by atoms with Crippen molar-refractivity contribution in [2.45, 2.75) is 44.0 Å². The van der Waals surface area contributed by atoms with E-state index in [1.54, 1.807) is 36.4 Å². The fourth-order valence-corrected chi connectivity index (χ4v) is 4.84. The number of esters is 1. The van der Waals surface area contributed by atoms with Crippen molar-refractivity contribution in [1.82, 2.24) is 4.90 Å². The zero-order valence-electron chi connectivity index (χ0n) is 17.1. The maximum atomic E-state index is 12.8. The summed E-state index contributed by atoms with van der Waals surface area (Å²) in [5.74, 6) is -0.149. The van der Waals surface area contributed by atoms with Crippen molar-refractivity contribution in [2.24, 2.45) is 0 Å². The summed E-state index contributed by atoms with van der Waals surface area (Å²) in [6.07, 6.45) is 3.02. The topological polar surface area (TPSA) is 75.7 Å². The number of halogens is 1. The van der Waals surface area contributed by atoms with Gasteiger partial charge in [-0.15, -0.1) is 0 Å². The number of carbonyl (C=O) groups excluding carboxylic acids is 1. The molecule has 30 heavy (non-hydrogen) atoms. The summed E-state index contributed by atoms with van der Waals surface area (Å²) in [5.41, 5.74) is 2.64. The van der Waals surface area contributed by atoms with Crippen LogP contribution in [-0.4, -0.2) is 39.0 Å². The lowest BCUT2D eigenvalue weighted by atomic mass is 9.99. The molecule has 0 aromatic heterocycles. The number of sulfonamides is 1. The van der Waals surface area contributed by atoms with Crippen LogP contribution in [0.2, 0.25) is 5.02 Å². The Morgan fingerprint density at radius 3 is 2.77 bits per heavy atom. The minimum atomic E-state index is -3.70. The molecule has 2 aromatic carbocycles. The largest absolute Gasteiger partial charge is 0.466 e. The number of benzene rings is 2. The summed E-state index contributed by atoms with van der Waals surface area (Å²) in [6, 6.07) is 12.0. The Labute approximate surface area is 183 Å². The second-order valence-corrected chi connectivity index (χ2v) is 9.45. The van der Waals surface area contributed by atoms with Crippen molar-refractivity contribution >= 4 is 33.3 Å². The number of hydrogen-bond acceptors (Lipinski definition) is 5. The van der Waals surface area contributed by atoms with E-state index in [1.807, 2.05) is 13.0 Å². The van der Waals surface area contributed by atoms with Gasteiger partial charge in [0.1, 0.15) is 0 Å². The average molecular weight is 451 g/mol. The van der Waals surface area contributed by atoms with Gasteiger partial charge >= 0.3 is 5.97 Å². The van der Waals surface area contributed by atoms with Gasteiger partial charge in [0.25, 0.3) is 10.0 Å². The predicted octanol–water partition coefficient (Wildman–Crippen LogP) is 4.23. The predicted molar refractivity (Wildman–Crippen MR) is 118 cm³/mol. The van der Waals surface area contributed by atoms with Crippen molar-refractivity contribution in [3.8, 4) is 0 Å². The van der Waals surface area contributed by atoms with Crippen LogP contribution in [0.3, 0.4) is 0 Å². The average Bonchev–Trinajstić information content (AvgIpc) is 2.70. The number of hydrogen-bond donors (Lipinski definition) is 1. The minimum Gasteiger partial charge on any atom is -0.466 e. The number of anilines is 1. The number of carbonyl (C=O) groups is 1. The Bertz CT molecular complexity index is 994. The fourth-order valence-electron chi connectivity index (χ4n) is 3.55. The summed E-state index contributed by atoms with van der Waals surface area (Å²) < 4.78 is 33.1. The van der Waals surface area contributed by atoms with Crippen LogP contribution in [0.15, 0.2) is 47.4 Å². The summed E-state index contributed by atoms with van der Waals surface area (Å²) in [7, 11) is -3.70. The second-order valence-electron chi connectivity index (χ2n) is 7.33. The van der Waals surface area contributed by atoms with Gasteiger partial charge in [-0.25, -0.2) is 8.42 Å². The quantitative estimate of drug-likeness (QED) is 0.457. The Kier molecular flexibility index (Phi) is 7.75. The summed E-state index contributed by atoms with van der Waals surface area (Å²) in [6.45, 7) is 4.73. The minimum absolute atomic E-state index is 0.149. The zero-order chi connectivity index (χ0) is 21.6. The van der Waals surface area contributed by atoms with E-state index in [-0.39, 0.29) is 10.9 Å². The molecule has 8 heteroatoms. The highest BCUT2D eigenvalue weighted by Gasteiger charge is 2.20. The number of ether oxygens (including phenoxy) is 1. The van der Waals surface area contributed by atoms with E-state index in [2.05, 4.69) is 9.62 Å². The highest BCUT2D eigenvalue weighted by atomic mass is 35.5. The molecule has 0 unspecified atom stereocenters. The molecule has 0 fully saturated rings. The van der Waals surface area contributed by atoms with Gasteiger partial charge in [-0.1, -0.05) is 23.7 Å². The molecule has 1 aliphatic heterocycles. The van der Waals surface area contributed by atoms with E-state index < -0.39 is 10.0 Å². The highest BCUT2D eigenvalue weighted by molar-refractivity contribution is 7.92. The SMILES string of the molecule is CCOC(=O)CCCCN1CCc2ccc(S(=O)(=O)Nc3cccc(Cl)c3)cc2C1. The molecule has 162 valence electrons. The second kappa shape index (κ2) is 10.3. The van der Waals surface area contributed by atoms with Crippen LogP contribution in [0.25, 0.3) is 0 Å². The van der Waals surface area contributed by atoms with E-state index in [0.717, 1.165) is 37.9 Å². The van der Waals surface area contributed by atoms with Gasteiger partial charge in [0, 0.05) is 24.5 Å². The van der Waals surface area contributed by atoms with Gasteiger partial charge < -0.3 is 4.74 Å². The third-order valence-corrected chi connectivity index (χ3v) is 6.68. The van der Waals surface area contributed by atoms with Crippen LogP contribution >= 0.6 is 11.6 Å². The molecule has 6 nitrogen and oxygen atoms in total. The van der Waals surface area contributed by atoms with E-state index >= 15 is 0 Å². The molecule has 0 radical (unpaired) electrons. The first-order valence-corrected chi connectivity index (χ1v) is 12.0. The van der Waals surface area contributed by atoms with Crippen molar-refractivity contribution in [2.75, 3.05) is 24.4 Å². The molecule has 0 saturated carbocycles. The third-order valence-electron chi connectivity index (χ3n) is 5.07. The van der Waals surface area contributed by atoms with Gasteiger partial charge in [-0.05, 0) is 74.2 Å². The summed E-state index contributed by atoms with van der Waals surface area (Å²) in [5, 5.41) is 0.472. The maximum absolute atomic E-state index is 12.8. The van der Waals surface area contributed by atoms with Gasteiger partial charge in [0.15, 0.2) is 0 Å². The first kappa shape index (κ1) is 22.6. The van der Waals surface area contributed by atoms with Crippen molar-refractivity contribution in [1.29, 1.82) is 0 Å². The molecule has 1 N–H and O–H groups in total. The van der Waals surface area contributed by atoms with E-state index in [0.29, 0.717) is 30.3 Å². The molecular weight excluding hydrogens is 424 g/mol. The van der Waals surface area contributed by atoms with Gasteiger partial charge in [0.2, 0.25) is 0 Å². The first-order chi connectivity index (χ1) is 14.4. The van der Waals surface area contributed by atoms with Gasteiger partial charge in [-0.3, -0.25) is 14.4 Å².